The van der Waals surface area contributed by atoms with Gasteiger partial charge in [0.1, 0.15) is 0 Å². The number of nitrogens with zero attached hydrogens (tertiary/aromatic N) is 1. The molecule has 0 aliphatic heterocycles. The Morgan fingerprint density at radius 3 is 2.11 bits per heavy atom. The van der Waals surface area contributed by atoms with E-state index in [-0.39, 0.29) is 30.2 Å². The third-order valence-electron chi connectivity index (χ3n) is 2.32. The van der Waals surface area contributed by atoms with Crippen molar-refractivity contribution in [2.24, 2.45) is 5.41 Å². The summed E-state index contributed by atoms with van der Waals surface area (Å²) in [4.78, 5) is 10.5. The van der Waals surface area contributed by atoms with Gasteiger partial charge in [0, 0.05) is 19.0 Å². The Bertz CT molecular complexity index is 368. The molecular weight excluding hydrogens is 254 g/mol. The molecule has 108 valence electrons. The second kappa shape index (κ2) is 6.52. The van der Waals surface area contributed by atoms with E-state index >= 15 is 0 Å². The highest BCUT2D eigenvalue weighted by atomic mass is 32.2. The number of sulfonamides is 1. The normalized spacial score (nSPS) is 13.3. The first-order valence-electron chi connectivity index (χ1n) is 6.17. The van der Waals surface area contributed by atoms with E-state index in [2.05, 4.69) is 0 Å². The quantitative estimate of drug-likeness (QED) is 0.772. The summed E-state index contributed by atoms with van der Waals surface area (Å²) in [5.41, 5.74) is -0.307. The molecule has 0 bridgehead atoms. The van der Waals surface area contributed by atoms with E-state index in [1.54, 1.807) is 13.8 Å². The molecule has 0 aromatic heterocycles. The van der Waals surface area contributed by atoms with Gasteiger partial charge in [0.15, 0.2) is 0 Å². The smallest absolute Gasteiger partial charge is 0.303 e. The van der Waals surface area contributed by atoms with Gasteiger partial charge in [-0.05, 0) is 25.7 Å². The number of aliphatic carboxylic acids is 1. The summed E-state index contributed by atoms with van der Waals surface area (Å²) in [7, 11) is -3.34. The van der Waals surface area contributed by atoms with Crippen LogP contribution in [0.15, 0.2) is 0 Å². The maximum atomic E-state index is 12.2. The van der Waals surface area contributed by atoms with Crippen LogP contribution in [0.3, 0.4) is 0 Å². The molecule has 5 nitrogen and oxygen atoms in total. The molecular formula is C12H25NO4S. The number of carboxylic acids is 1. The lowest BCUT2D eigenvalue weighted by atomic mass is 10.0. The van der Waals surface area contributed by atoms with Gasteiger partial charge in [0.2, 0.25) is 10.0 Å². The number of carboxylic acid groups (broad SMARTS) is 1. The van der Waals surface area contributed by atoms with Gasteiger partial charge >= 0.3 is 5.97 Å². The second-order valence-electron chi connectivity index (χ2n) is 6.02. The monoisotopic (exact) mass is 279 g/mol. The van der Waals surface area contributed by atoms with Crippen LogP contribution in [0.1, 0.15) is 47.5 Å². The van der Waals surface area contributed by atoms with Crippen LogP contribution in [0.2, 0.25) is 0 Å². The summed E-state index contributed by atoms with van der Waals surface area (Å²) in [5, 5.41) is 8.59. The van der Waals surface area contributed by atoms with E-state index < -0.39 is 16.0 Å². The Morgan fingerprint density at radius 1 is 1.28 bits per heavy atom. The summed E-state index contributed by atoms with van der Waals surface area (Å²) in [6.45, 7) is 9.51. The molecule has 0 saturated heterocycles. The summed E-state index contributed by atoms with van der Waals surface area (Å²) in [6.07, 6.45) is 0.338. The van der Waals surface area contributed by atoms with Gasteiger partial charge in [0.05, 0.1) is 5.75 Å². The summed E-state index contributed by atoms with van der Waals surface area (Å²) in [6, 6.07) is -0.147. The zero-order valence-electron chi connectivity index (χ0n) is 11.9. The average Bonchev–Trinajstić information content (AvgIpc) is 2.06. The molecule has 0 atom stereocenters. The number of carbonyl (C=O) groups is 1. The highest BCUT2D eigenvalue weighted by Gasteiger charge is 2.29. The Hall–Kier alpha value is -0.620. The van der Waals surface area contributed by atoms with Gasteiger partial charge in [-0.15, -0.1) is 0 Å². The van der Waals surface area contributed by atoms with Crippen molar-refractivity contribution < 1.29 is 18.3 Å². The van der Waals surface area contributed by atoms with Crippen LogP contribution >= 0.6 is 0 Å². The third kappa shape index (κ3) is 6.96. The zero-order valence-corrected chi connectivity index (χ0v) is 12.7. The second-order valence-corrected chi connectivity index (χ2v) is 7.94. The fourth-order valence-corrected chi connectivity index (χ4v) is 4.04. The number of hydrogen-bond donors (Lipinski definition) is 1. The van der Waals surface area contributed by atoms with Crippen molar-refractivity contribution in [3.05, 3.63) is 0 Å². The van der Waals surface area contributed by atoms with Crippen LogP contribution in [0, 0.1) is 5.41 Å². The molecule has 0 amide bonds. The van der Waals surface area contributed by atoms with E-state index in [1.165, 1.54) is 4.31 Å². The molecule has 0 unspecified atom stereocenters. The first kappa shape index (κ1) is 17.4. The molecule has 1 N–H and O–H groups in total. The molecule has 0 spiro atoms. The van der Waals surface area contributed by atoms with Gasteiger partial charge in [0.25, 0.3) is 0 Å². The third-order valence-corrected chi connectivity index (χ3v) is 4.87. The van der Waals surface area contributed by atoms with Crippen LogP contribution in [-0.2, 0) is 14.8 Å². The predicted octanol–water partition coefficient (Wildman–Crippen LogP) is 1.94. The summed E-state index contributed by atoms with van der Waals surface area (Å²) >= 11 is 0. The zero-order chi connectivity index (χ0) is 14.6. The van der Waals surface area contributed by atoms with Crippen LogP contribution < -0.4 is 0 Å². The van der Waals surface area contributed by atoms with E-state index in [9.17, 15) is 13.2 Å². The maximum Gasteiger partial charge on any atom is 0.303 e. The van der Waals surface area contributed by atoms with Crippen molar-refractivity contribution in [2.75, 3.05) is 12.3 Å². The summed E-state index contributed by atoms with van der Waals surface area (Å²) < 4.78 is 25.9. The highest BCUT2D eigenvalue weighted by molar-refractivity contribution is 7.89. The first-order valence-corrected chi connectivity index (χ1v) is 7.78. The van der Waals surface area contributed by atoms with E-state index in [0.717, 1.165) is 0 Å². The minimum atomic E-state index is -3.34. The van der Waals surface area contributed by atoms with Crippen molar-refractivity contribution in [3.63, 3.8) is 0 Å². The van der Waals surface area contributed by atoms with Crippen molar-refractivity contribution in [1.29, 1.82) is 0 Å². The highest BCUT2D eigenvalue weighted by Crippen LogP contribution is 2.20. The minimum absolute atomic E-state index is 0.00570. The first-order chi connectivity index (χ1) is 7.96. The van der Waals surface area contributed by atoms with E-state index in [0.29, 0.717) is 6.42 Å². The van der Waals surface area contributed by atoms with E-state index in [4.69, 9.17) is 5.11 Å². The minimum Gasteiger partial charge on any atom is -0.481 e. The Morgan fingerprint density at radius 2 is 1.78 bits per heavy atom. The van der Waals surface area contributed by atoms with Gasteiger partial charge < -0.3 is 5.11 Å². The summed E-state index contributed by atoms with van der Waals surface area (Å²) in [5.74, 6) is -0.822. The molecule has 6 heteroatoms. The molecule has 18 heavy (non-hydrogen) atoms. The van der Waals surface area contributed by atoms with Gasteiger partial charge in [-0.2, -0.15) is 4.31 Å². The lowest BCUT2D eigenvalue weighted by Gasteiger charge is -2.29. The van der Waals surface area contributed by atoms with Gasteiger partial charge in [-0.1, -0.05) is 20.8 Å². The van der Waals surface area contributed by atoms with Crippen molar-refractivity contribution in [1.82, 2.24) is 4.31 Å². The Labute approximate surface area is 110 Å². The molecule has 0 aromatic carbocycles. The molecule has 0 aliphatic carbocycles. The Balaban J connectivity index is 4.73. The van der Waals surface area contributed by atoms with Gasteiger partial charge in [-0.3, -0.25) is 4.79 Å². The van der Waals surface area contributed by atoms with Crippen molar-refractivity contribution >= 4 is 16.0 Å². The standard InChI is InChI=1S/C12H25NO4S/c1-10(2)13(8-6-7-11(14)15)18(16,17)9-12(3,4)5/h10H,6-9H2,1-5H3,(H,14,15). The largest absolute Gasteiger partial charge is 0.481 e. The van der Waals surface area contributed by atoms with Crippen LogP contribution in [0.25, 0.3) is 0 Å². The number of hydrogen-bond acceptors (Lipinski definition) is 3. The predicted molar refractivity (Wildman–Crippen MR) is 72.0 cm³/mol. The number of rotatable bonds is 7. The fraction of sp³-hybridized carbons (Fsp3) is 0.917. The lowest BCUT2D eigenvalue weighted by molar-refractivity contribution is -0.137. The average molecular weight is 279 g/mol. The molecule has 0 radical (unpaired) electrons. The van der Waals surface area contributed by atoms with Crippen LogP contribution in [-0.4, -0.2) is 42.1 Å². The topological polar surface area (TPSA) is 74.7 Å². The van der Waals surface area contributed by atoms with Crippen LogP contribution in [0.5, 0.6) is 0 Å². The maximum absolute atomic E-state index is 12.2. The van der Waals surface area contributed by atoms with Crippen LogP contribution in [0.4, 0.5) is 0 Å². The fourth-order valence-electron chi connectivity index (χ4n) is 1.73. The van der Waals surface area contributed by atoms with E-state index in [1.807, 2.05) is 20.8 Å². The van der Waals surface area contributed by atoms with Crippen molar-refractivity contribution in [2.45, 2.75) is 53.5 Å². The molecule has 0 fully saturated rings. The Kier molecular flexibility index (Phi) is 6.29. The SMILES string of the molecule is CC(C)N(CCCC(=O)O)S(=O)(=O)CC(C)(C)C. The molecule has 0 aromatic rings. The van der Waals surface area contributed by atoms with Gasteiger partial charge in [-0.25, -0.2) is 8.42 Å². The molecule has 0 aliphatic rings. The lowest BCUT2D eigenvalue weighted by Crippen LogP contribution is -2.41. The van der Waals surface area contributed by atoms with Crippen molar-refractivity contribution in [3.8, 4) is 0 Å². The molecule has 0 saturated carbocycles. The molecule has 0 rings (SSSR count). The molecule has 0 heterocycles.